The second-order valence-corrected chi connectivity index (χ2v) is 9.93. The Hall–Kier alpha value is -2.67. The van der Waals surface area contributed by atoms with Gasteiger partial charge in [0, 0.05) is 18.3 Å². The molecular formula is C26H33N3O4. The minimum atomic E-state index is -1.08. The molecule has 5 rings (SSSR count). The summed E-state index contributed by atoms with van der Waals surface area (Å²) < 4.78 is 6.35. The molecule has 1 aromatic carbocycles. The monoisotopic (exact) mass is 451 g/mol. The van der Waals surface area contributed by atoms with E-state index in [-0.39, 0.29) is 23.8 Å². The van der Waals surface area contributed by atoms with E-state index in [2.05, 4.69) is 10.6 Å². The van der Waals surface area contributed by atoms with Gasteiger partial charge < -0.3 is 20.3 Å². The number of rotatable bonds is 6. The van der Waals surface area contributed by atoms with Gasteiger partial charge in [-0.2, -0.15) is 0 Å². The fourth-order valence-electron chi connectivity index (χ4n) is 6.14. The molecule has 0 radical (unpaired) electrons. The Kier molecular flexibility index (Phi) is 5.77. The standard InChI is InChI=1S/C26H33N3O4/c1-3-15-29-22(24(31)28-17-7-5-4-6-8-17)26-14-13-19(33-26)20(21(26)25(29)32)23(30)27-18-11-9-16(2)10-12-18/h9-14,17,19-22H,3-8,15H2,1-2H3,(H,27,30)(H,28,31)/t19-,20+,21-,22+,26+/m1/s1. The average molecular weight is 452 g/mol. The van der Waals surface area contributed by atoms with Crippen molar-refractivity contribution in [1.82, 2.24) is 10.2 Å². The first-order valence-electron chi connectivity index (χ1n) is 12.3. The molecule has 7 heteroatoms. The maximum Gasteiger partial charge on any atom is 0.246 e. The van der Waals surface area contributed by atoms with Crippen molar-refractivity contribution in [1.29, 1.82) is 0 Å². The lowest BCUT2D eigenvalue weighted by Crippen LogP contribution is -2.56. The quantitative estimate of drug-likeness (QED) is 0.651. The van der Waals surface area contributed by atoms with E-state index < -0.39 is 29.6 Å². The van der Waals surface area contributed by atoms with Gasteiger partial charge in [0.25, 0.3) is 0 Å². The fourth-order valence-corrected chi connectivity index (χ4v) is 6.14. The maximum atomic E-state index is 13.6. The van der Waals surface area contributed by atoms with Crippen molar-refractivity contribution in [2.75, 3.05) is 11.9 Å². The SMILES string of the molecule is CCCN1C(=O)[C@H]2[C@@H](C(=O)Nc3ccc(C)cc3)[C@H]3C=C[C@@]2(O3)[C@@H]1C(=O)NC1CCCCC1. The van der Waals surface area contributed by atoms with Crippen molar-refractivity contribution in [3.05, 3.63) is 42.0 Å². The summed E-state index contributed by atoms with van der Waals surface area (Å²) in [6.45, 7) is 4.45. The lowest BCUT2D eigenvalue weighted by molar-refractivity contribution is -0.141. The highest BCUT2D eigenvalue weighted by Gasteiger charge is 2.72. The van der Waals surface area contributed by atoms with Gasteiger partial charge in [-0.15, -0.1) is 0 Å². The minimum absolute atomic E-state index is 0.142. The highest BCUT2D eigenvalue weighted by molar-refractivity contribution is 6.02. The number of hydrogen-bond donors (Lipinski definition) is 2. The summed E-state index contributed by atoms with van der Waals surface area (Å²) in [5, 5.41) is 6.16. The topological polar surface area (TPSA) is 87.7 Å². The summed E-state index contributed by atoms with van der Waals surface area (Å²) in [5.41, 5.74) is 0.713. The van der Waals surface area contributed by atoms with Crippen molar-refractivity contribution in [2.45, 2.75) is 76.2 Å². The summed E-state index contributed by atoms with van der Waals surface area (Å²) in [4.78, 5) is 42.2. The number of hydrogen-bond acceptors (Lipinski definition) is 4. The van der Waals surface area contributed by atoms with E-state index in [1.165, 1.54) is 6.42 Å². The van der Waals surface area contributed by atoms with Gasteiger partial charge in [0.15, 0.2) is 0 Å². The number of ether oxygens (including phenoxy) is 1. The van der Waals surface area contributed by atoms with Crippen molar-refractivity contribution < 1.29 is 19.1 Å². The molecule has 176 valence electrons. The van der Waals surface area contributed by atoms with Gasteiger partial charge in [-0.25, -0.2) is 0 Å². The number of benzene rings is 1. The lowest BCUT2D eigenvalue weighted by Gasteiger charge is -2.34. The fraction of sp³-hybridized carbons (Fsp3) is 0.577. The summed E-state index contributed by atoms with van der Waals surface area (Å²) in [6, 6.07) is 6.98. The molecule has 5 atom stereocenters. The first-order valence-corrected chi connectivity index (χ1v) is 12.3. The van der Waals surface area contributed by atoms with E-state index in [1.54, 1.807) is 4.90 Å². The zero-order chi connectivity index (χ0) is 23.2. The zero-order valence-electron chi connectivity index (χ0n) is 19.4. The van der Waals surface area contributed by atoms with Gasteiger partial charge in [-0.05, 0) is 38.3 Å². The normalized spacial score (nSPS) is 32.8. The van der Waals surface area contributed by atoms with Crippen LogP contribution in [0.4, 0.5) is 5.69 Å². The number of amides is 3. The largest absolute Gasteiger partial charge is 0.359 e. The molecule has 33 heavy (non-hydrogen) atoms. The third-order valence-corrected chi connectivity index (χ3v) is 7.66. The molecule has 3 fully saturated rings. The Labute approximate surface area is 194 Å². The van der Waals surface area contributed by atoms with E-state index in [9.17, 15) is 14.4 Å². The molecule has 1 spiro atoms. The third kappa shape index (κ3) is 3.66. The van der Waals surface area contributed by atoms with Gasteiger partial charge in [-0.3, -0.25) is 14.4 Å². The highest BCUT2D eigenvalue weighted by atomic mass is 16.5. The summed E-state index contributed by atoms with van der Waals surface area (Å²) in [6.07, 6.45) is 9.33. The molecule has 2 saturated heterocycles. The van der Waals surface area contributed by atoms with Crippen molar-refractivity contribution in [3.8, 4) is 0 Å². The molecule has 7 nitrogen and oxygen atoms in total. The molecule has 1 saturated carbocycles. The van der Waals surface area contributed by atoms with Crippen LogP contribution in [-0.2, 0) is 19.1 Å². The van der Waals surface area contributed by atoms with Crippen LogP contribution in [0.1, 0.15) is 51.0 Å². The van der Waals surface area contributed by atoms with Crippen LogP contribution in [0.25, 0.3) is 0 Å². The van der Waals surface area contributed by atoms with E-state index >= 15 is 0 Å². The van der Waals surface area contributed by atoms with Gasteiger partial charge in [0.1, 0.15) is 11.6 Å². The zero-order valence-corrected chi connectivity index (χ0v) is 19.4. The van der Waals surface area contributed by atoms with Gasteiger partial charge in [-0.1, -0.05) is 56.0 Å². The molecule has 1 aliphatic carbocycles. The number of nitrogens with one attached hydrogen (secondary N) is 2. The number of aryl methyl sites for hydroxylation is 1. The van der Waals surface area contributed by atoms with Gasteiger partial charge in [0.05, 0.1) is 17.9 Å². The van der Waals surface area contributed by atoms with Crippen LogP contribution in [0.15, 0.2) is 36.4 Å². The molecule has 2 N–H and O–H groups in total. The summed E-state index contributed by atoms with van der Waals surface area (Å²) in [7, 11) is 0. The number of nitrogens with zero attached hydrogens (tertiary/aromatic N) is 1. The van der Waals surface area contributed by atoms with Crippen molar-refractivity contribution in [2.24, 2.45) is 11.8 Å². The van der Waals surface area contributed by atoms with Crippen molar-refractivity contribution in [3.63, 3.8) is 0 Å². The molecule has 0 aromatic heterocycles. The van der Waals surface area contributed by atoms with E-state index in [0.29, 0.717) is 12.2 Å². The Bertz CT molecular complexity index is 968. The predicted molar refractivity (Wildman–Crippen MR) is 124 cm³/mol. The summed E-state index contributed by atoms with van der Waals surface area (Å²) >= 11 is 0. The number of carbonyl (C=O) groups excluding carboxylic acids is 3. The van der Waals surface area contributed by atoms with Crippen molar-refractivity contribution >= 4 is 23.4 Å². The molecule has 0 unspecified atom stereocenters. The van der Waals surface area contributed by atoms with Crippen LogP contribution in [0.5, 0.6) is 0 Å². The van der Waals surface area contributed by atoms with Crippen LogP contribution in [0, 0.1) is 18.8 Å². The second-order valence-electron chi connectivity index (χ2n) is 9.93. The molecular weight excluding hydrogens is 418 g/mol. The Balaban J connectivity index is 1.41. The first-order chi connectivity index (χ1) is 15.9. The second kappa shape index (κ2) is 8.60. The number of fused-ring (bicyclic) bond motifs is 1. The van der Waals surface area contributed by atoms with Gasteiger partial charge >= 0.3 is 0 Å². The van der Waals surface area contributed by atoms with Crippen LogP contribution >= 0.6 is 0 Å². The first kappa shape index (κ1) is 22.1. The van der Waals surface area contributed by atoms with E-state index in [4.69, 9.17) is 4.74 Å². The third-order valence-electron chi connectivity index (χ3n) is 7.66. The lowest BCUT2D eigenvalue weighted by atomic mass is 9.74. The number of likely N-dealkylation sites (tertiary alicyclic amines) is 1. The summed E-state index contributed by atoms with van der Waals surface area (Å²) in [5.74, 6) is -1.90. The molecule has 3 heterocycles. The number of carbonyl (C=O) groups is 3. The van der Waals surface area contributed by atoms with Crippen LogP contribution < -0.4 is 10.6 Å². The molecule has 2 bridgehead atoms. The van der Waals surface area contributed by atoms with E-state index in [1.807, 2.05) is 50.3 Å². The van der Waals surface area contributed by atoms with Gasteiger partial charge in [0.2, 0.25) is 17.7 Å². The number of anilines is 1. The molecule has 3 aliphatic heterocycles. The maximum absolute atomic E-state index is 13.6. The van der Waals surface area contributed by atoms with Crippen LogP contribution in [0.3, 0.4) is 0 Å². The predicted octanol–water partition coefficient (Wildman–Crippen LogP) is 2.94. The molecule has 1 aromatic rings. The smallest absolute Gasteiger partial charge is 0.246 e. The van der Waals surface area contributed by atoms with Crippen LogP contribution in [-0.4, -0.2) is 53.0 Å². The Morgan fingerprint density at radius 3 is 2.55 bits per heavy atom. The van der Waals surface area contributed by atoms with E-state index in [0.717, 1.165) is 37.7 Å². The highest BCUT2D eigenvalue weighted by Crippen LogP contribution is 2.55. The Morgan fingerprint density at radius 1 is 1.12 bits per heavy atom. The Morgan fingerprint density at radius 2 is 1.85 bits per heavy atom. The van der Waals surface area contributed by atoms with Crippen LogP contribution in [0.2, 0.25) is 0 Å². The molecule has 4 aliphatic rings. The average Bonchev–Trinajstić information content (AvgIpc) is 3.44. The molecule has 3 amide bonds. The minimum Gasteiger partial charge on any atom is -0.359 e.